The second kappa shape index (κ2) is 7.76. The van der Waals surface area contributed by atoms with Crippen LogP contribution in [-0.4, -0.2) is 16.3 Å². The number of nitrogens with one attached hydrogen (secondary N) is 1. The molecule has 1 atom stereocenters. The lowest BCUT2D eigenvalue weighted by atomic mass is 9.99. The lowest BCUT2D eigenvalue weighted by molar-refractivity contribution is 0.490. The Morgan fingerprint density at radius 1 is 1.33 bits per heavy atom. The van der Waals surface area contributed by atoms with Crippen molar-refractivity contribution in [3.8, 4) is 0 Å². The standard InChI is InChI=1S/C17H24BrN3/c1-4-11-19-16(9-8-14-10-12-20-21(14)3)15-7-5-6-13(2)17(15)18/h5-7,10,12,16,19H,4,8-9,11H2,1-3H3. The second-order valence-corrected chi connectivity index (χ2v) is 6.26. The number of aromatic nitrogens is 2. The zero-order valence-corrected chi connectivity index (χ0v) is 14.7. The quantitative estimate of drug-likeness (QED) is 0.812. The van der Waals surface area contributed by atoms with Gasteiger partial charge in [-0.15, -0.1) is 0 Å². The van der Waals surface area contributed by atoms with Crippen LogP contribution in [0.5, 0.6) is 0 Å². The van der Waals surface area contributed by atoms with E-state index in [1.807, 2.05) is 17.9 Å². The Hall–Kier alpha value is -1.13. The van der Waals surface area contributed by atoms with Gasteiger partial charge in [-0.3, -0.25) is 4.68 Å². The van der Waals surface area contributed by atoms with E-state index in [1.54, 1.807) is 0 Å². The molecule has 0 bridgehead atoms. The molecule has 1 aromatic carbocycles. The van der Waals surface area contributed by atoms with Crippen LogP contribution in [-0.2, 0) is 13.5 Å². The maximum Gasteiger partial charge on any atom is 0.0492 e. The number of aryl methyl sites for hydroxylation is 3. The monoisotopic (exact) mass is 349 g/mol. The minimum atomic E-state index is 0.370. The Morgan fingerprint density at radius 3 is 2.81 bits per heavy atom. The molecule has 0 aliphatic carbocycles. The Bertz CT molecular complexity index is 577. The molecule has 0 saturated carbocycles. The first kappa shape index (κ1) is 16.2. The predicted octanol–water partition coefficient (Wildman–Crippen LogP) is 4.16. The average molecular weight is 350 g/mol. The molecule has 0 spiro atoms. The van der Waals surface area contributed by atoms with Gasteiger partial charge in [0.05, 0.1) is 0 Å². The second-order valence-electron chi connectivity index (χ2n) is 5.47. The molecule has 0 radical (unpaired) electrons. The topological polar surface area (TPSA) is 29.9 Å². The van der Waals surface area contributed by atoms with Crippen LogP contribution in [0.1, 0.15) is 42.6 Å². The van der Waals surface area contributed by atoms with Crippen LogP contribution < -0.4 is 5.32 Å². The fraction of sp³-hybridized carbons (Fsp3) is 0.471. The number of rotatable bonds is 7. The van der Waals surface area contributed by atoms with E-state index in [1.165, 1.54) is 21.3 Å². The number of halogens is 1. The van der Waals surface area contributed by atoms with Gasteiger partial charge >= 0.3 is 0 Å². The molecular formula is C17H24BrN3. The first-order chi connectivity index (χ1) is 10.1. The lowest BCUT2D eigenvalue weighted by Gasteiger charge is -2.21. The average Bonchev–Trinajstić information content (AvgIpc) is 2.88. The fourth-order valence-electron chi connectivity index (χ4n) is 2.56. The minimum Gasteiger partial charge on any atom is -0.310 e. The van der Waals surface area contributed by atoms with Gasteiger partial charge < -0.3 is 5.32 Å². The fourth-order valence-corrected chi connectivity index (χ4v) is 3.10. The summed E-state index contributed by atoms with van der Waals surface area (Å²) in [5.74, 6) is 0. The largest absolute Gasteiger partial charge is 0.310 e. The highest BCUT2D eigenvalue weighted by Gasteiger charge is 2.15. The van der Waals surface area contributed by atoms with Crippen LogP contribution in [0.4, 0.5) is 0 Å². The van der Waals surface area contributed by atoms with Gasteiger partial charge in [0.1, 0.15) is 0 Å². The van der Waals surface area contributed by atoms with Crippen LogP contribution in [0.3, 0.4) is 0 Å². The van der Waals surface area contributed by atoms with Crippen molar-refractivity contribution in [2.45, 2.75) is 39.2 Å². The van der Waals surface area contributed by atoms with Crippen LogP contribution in [0, 0.1) is 6.92 Å². The lowest BCUT2D eigenvalue weighted by Crippen LogP contribution is -2.23. The third kappa shape index (κ3) is 4.17. The minimum absolute atomic E-state index is 0.370. The van der Waals surface area contributed by atoms with E-state index in [2.05, 4.69) is 64.5 Å². The van der Waals surface area contributed by atoms with E-state index < -0.39 is 0 Å². The zero-order chi connectivity index (χ0) is 15.2. The van der Waals surface area contributed by atoms with Gasteiger partial charge in [0.25, 0.3) is 0 Å². The molecule has 2 aromatic rings. The summed E-state index contributed by atoms with van der Waals surface area (Å²) in [6.07, 6.45) is 5.11. The highest BCUT2D eigenvalue weighted by molar-refractivity contribution is 9.10. The highest BCUT2D eigenvalue weighted by atomic mass is 79.9. The molecule has 114 valence electrons. The third-order valence-electron chi connectivity index (χ3n) is 3.85. The van der Waals surface area contributed by atoms with Crippen LogP contribution in [0.2, 0.25) is 0 Å². The molecule has 1 heterocycles. The van der Waals surface area contributed by atoms with Gasteiger partial charge in [0, 0.05) is 29.5 Å². The van der Waals surface area contributed by atoms with Gasteiger partial charge in [-0.2, -0.15) is 5.10 Å². The molecule has 0 aliphatic rings. The Morgan fingerprint density at radius 2 is 2.14 bits per heavy atom. The van der Waals surface area contributed by atoms with Crippen molar-refractivity contribution in [1.82, 2.24) is 15.1 Å². The van der Waals surface area contributed by atoms with Crippen molar-refractivity contribution < 1.29 is 0 Å². The molecule has 0 amide bonds. The molecule has 4 heteroatoms. The smallest absolute Gasteiger partial charge is 0.0492 e. The Kier molecular flexibility index (Phi) is 6.00. The maximum absolute atomic E-state index is 4.25. The molecule has 3 nitrogen and oxygen atoms in total. The number of nitrogens with zero attached hydrogens (tertiary/aromatic N) is 2. The summed E-state index contributed by atoms with van der Waals surface area (Å²) in [6.45, 7) is 5.39. The molecule has 0 saturated heterocycles. The van der Waals surface area contributed by atoms with Crippen LogP contribution in [0.15, 0.2) is 34.9 Å². The van der Waals surface area contributed by atoms with Crippen molar-refractivity contribution in [2.75, 3.05) is 6.54 Å². The van der Waals surface area contributed by atoms with Gasteiger partial charge in [0.2, 0.25) is 0 Å². The summed E-state index contributed by atoms with van der Waals surface area (Å²) in [4.78, 5) is 0. The summed E-state index contributed by atoms with van der Waals surface area (Å²) in [6, 6.07) is 8.97. The summed E-state index contributed by atoms with van der Waals surface area (Å²) >= 11 is 3.75. The van der Waals surface area contributed by atoms with Gasteiger partial charge in [-0.25, -0.2) is 0 Å². The zero-order valence-electron chi connectivity index (χ0n) is 13.1. The molecule has 1 N–H and O–H groups in total. The highest BCUT2D eigenvalue weighted by Crippen LogP contribution is 2.29. The number of benzene rings is 1. The maximum atomic E-state index is 4.25. The van der Waals surface area contributed by atoms with Gasteiger partial charge in [-0.1, -0.05) is 41.1 Å². The first-order valence-corrected chi connectivity index (χ1v) is 8.38. The van der Waals surface area contributed by atoms with Gasteiger partial charge in [0.15, 0.2) is 0 Å². The van der Waals surface area contributed by atoms with Crippen LogP contribution in [0.25, 0.3) is 0 Å². The summed E-state index contributed by atoms with van der Waals surface area (Å²) in [5, 5.41) is 7.92. The molecule has 21 heavy (non-hydrogen) atoms. The van der Waals surface area contributed by atoms with E-state index in [-0.39, 0.29) is 0 Å². The van der Waals surface area contributed by atoms with E-state index in [0.29, 0.717) is 6.04 Å². The molecule has 1 aromatic heterocycles. The third-order valence-corrected chi connectivity index (χ3v) is 4.93. The van der Waals surface area contributed by atoms with Crippen LogP contribution >= 0.6 is 15.9 Å². The van der Waals surface area contributed by atoms with E-state index in [4.69, 9.17) is 0 Å². The van der Waals surface area contributed by atoms with E-state index in [9.17, 15) is 0 Å². The summed E-state index contributed by atoms with van der Waals surface area (Å²) in [7, 11) is 2.01. The first-order valence-electron chi connectivity index (χ1n) is 7.58. The molecular weight excluding hydrogens is 326 g/mol. The van der Waals surface area contributed by atoms with Crippen molar-refractivity contribution in [3.05, 3.63) is 51.8 Å². The predicted molar refractivity (Wildman–Crippen MR) is 91.4 cm³/mol. The Balaban J connectivity index is 2.14. The molecule has 0 aliphatic heterocycles. The number of hydrogen-bond acceptors (Lipinski definition) is 2. The van der Waals surface area contributed by atoms with Crippen molar-refractivity contribution in [3.63, 3.8) is 0 Å². The van der Waals surface area contributed by atoms with Crippen molar-refractivity contribution in [2.24, 2.45) is 7.05 Å². The van der Waals surface area contributed by atoms with Crippen molar-refractivity contribution in [1.29, 1.82) is 0 Å². The summed E-state index contributed by atoms with van der Waals surface area (Å²) in [5.41, 5.74) is 3.92. The molecule has 1 unspecified atom stereocenters. The van der Waals surface area contributed by atoms with Crippen molar-refractivity contribution >= 4 is 15.9 Å². The SMILES string of the molecule is CCCNC(CCc1ccnn1C)c1cccc(C)c1Br. The molecule has 0 fully saturated rings. The summed E-state index contributed by atoms with van der Waals surface area (Å²) < 4.78 is 3.19. The Labute approximate surface area is 135 Å². The number of hydrogen-bond donors (Lipinski definition) is 1. The molecule has 2 rings (SSSR count). The normalized spacial score (nSPS) is 12.6. The van der Waals surface area contributed by atoms with E-state index in [0.717, 1.165) is 25.8 Å². The van der Waals surface area contributed by atoms with E-state index >= 15 is 0 Å². The van der Waals surface area contributed by atoms with Gasteiger partial charge in [-0.05, 0) is 49.9 Å².